The van der Waals surface area contributed by atoms with Crippen molar-refractivity contribution >= 4 is 5.97 Å². The molecule has 1 aromatic heterocycles. The molecule has 2 rings (SSSR count). The Balaban J connectivity index is 2.76. The van der Waals surface area contributed by atoms with Crippen molar-refractivity contribution in [1.82, 2.24) is 4.57 Å². The minimum atomic E-state index is -0.957. The Morgan fingerprint density at radius 2 is 1.83 bits per heavy atom. The van der Waals surface area contributed by atoms with Crippen LogP contribution in [-0.2, 0) is 0 Å². The van der Waals surface area contributed by atoms with Gasteiger partial charge in [0, 0.05) is 17.0 Å². The van der Waals surface area contributed by atoms with Gasteiger partial charge in [-0.25, -0.2) is 4.79 Å². The number of aromatic nitrogens is 1. The van der Waals surface area contributed by atoms with Crippen LogP contribution >= 0.6 is 0 Å². The van der Waals surface area contributed by atoms with Crippen molar-refractivity contribution in [2.45, 2.75) is 13.8 Å². The Labute approximate surface area is 106 Å². The third-order valence-electron chi connectivity index (χ3n) is 2.91. The maximum atomic E-state index is 11.3. The summed E-state index contributed by atoms with van der Waals surface area (Å²) in [6, 6.07) is 8.81. The fraction of sp³-hybridized carbons (Fsp3) is 0.133. The van der Waals surface area contributed by atoms with E-state index in [1.54, 1.807) is 18.2 Å². The summed E-state index contributed by atoms with van der Waals surface area (Å²) in [7, 11) is 0. The molecule has 2 aromatic rings. The number of terminal acetylenes is 1. The summed E-state index contributed by atoms with van der Waals surface area (Å²) < 4.78 is 1.89. The molecule has 0 unspecified atom stereocenters. The lowest BCUT2D eigenvalue weighted by atomic mass is 10.1. The van der Waals surface area contributed by atoms with Gasteiger partial charge in [0.1, 0.15) is 0 Å². The maximum absolute atomic E-state index is 11.3. The van der Waals surface area contributed by atoms with Gasteiger partial charge < -0.3 is 9.67 Å². The second kappa shape index (κ2) is 4.42. The standard InChI is InChI=1S/C15H13NO2/c1-4-12-7-8-13(15(17)18)14(9-12)16-10(2)5-6-11(16)3/h1,5-9H,2-3H3,(H,17,18). The lowest BCUT2D eigenvalue weighted by Crippen LogP contribution is -2.08. The molecule has 0 fully saturated rings. The summed E-state index contributed by atoms with van der Waals surface area (Å²) in [6.07, 6.45) is 5.37. The average Bonchev–Trinajstić information content (AvgIpc) is 2.68. The van der Waals surface area contributed by atoms with Crippen LogP contribution < -0.4 is 0 Å². The van der Waals surface area contributed by atoms with Gasteiger partial charge in [-0.3, -0.25) is 0 Å². The number of carboxylic acids is 1. The van der Waals surface area contributed by atoms with E-state index >= 15 is 0 Å². The average molecular weight is 239 g/mol. The molecule has 0 saturated heterocycles. The van der Waals surface area contributed by atoms with E-state index in [9.17, 15) is 9.90 Å². The third kappa shape index (κ3) is 1.89. The Morgan fingerprint density at radius 1 is 1.22 bits per heavy atom. The minimum absolute atomic E-state index is 0.247. The van der Waals surface area contributed by atoms with Gasteiger partial charge in [-0.05, 0) is 44.2 Å². The molecule has 1 aromatic carbocycles. The zero-order valence-corrected chi connectivity index (χ0v) is 10.3. The molecule has 0 radical (unpaired) electrons. The molecule has 0 bridgehead atoms. The van der Waals surface area contributed by atoms with E-state index in [1.165, 1.54) is 0 Å². The Hall–Kier alpha value is -2.47. The first-order valence-electron chi connectivity index (χ1n) is 5.54. The van der Waals surface area contributed by atoms with Gasteiger partial charge in [-0.15, -0.1) is 6.42 Å². The number of hydrogen-bond acceptors (Lipinski definition) is 1. The van der Waals surface area contributed by atoms with E-state index in [-0.39, 0.29) is 5.56 Å². The summed E-state index contributed by atoms with van der Waals surface area (Å²) in [5.41, 5.74) is 3.48. The number of carboxylic acid groups (broad SMARTS) is 1. The van der Waals surface area contributed by atoms with E-state index < -0.39 is 5.97 Å². The molecule has 0 aliphatic rings. The highest BCUT2D eigenvalue weighted by atomic mass is 16.4. The molecule has 0 aliphatic heterocycles. The molecule has 0 atom stereocenters. The summed E-state index contributed by atoms with van der Waals surface area (Å²) in [6.45, 7) is 3.86. The zero-order valence-electron chi connectivity index (χ0n) is 10.3. The summed E-state index contributed by atoms with van der Waals surface area (Å²) in [5.74, 6) is 1.57. The van der Waals surface area contributed by atoms with E-state index in [0.29, 0.717) is 11.3 Å². The number of hydrogen-bond donors (Lipinski definition) is 1. The Bertz CT molecular complexity index is 640. The van der Waals surface area contributed by atoms with Crippen LogP contribution in [0, 0.1) is 26.2 Å². The quantitative estimate of drug-likeness (QED) is 0.819. The van der Waals surface area contributed by atoms with Crippen molar-refractivity contribution in [1.29, 1.82) is 0 Å². The topological polar surface area (TPSA) is 42.2 Å². The van der Waals surface area contributed by atoms with Crippen LogP contribution in [0.2, 0.25) is 0 Å². The van der Waals surface area contributed by atoms with Gasteiger partial charge in [-0.2, -0.15) is 0 Å². The van der Waals surface area contributed by atoms with Crippen LogP contribution in [0.25, 0.3) is 5.69 Å². The molecule has 0 amide bonds. The first kappa shape index (κ1) is 12.0. The normalized spacial score (nSPS) is 10.1. The number of nitrogens with zero attached hydrogens (tertiary/aromatic N) is 1. The number of aromatic carboxylic acids is 1. The molecular formula is C15H13NO2. The van der Waals surface area contributed by atoms with Gasteiger partial charge in [0.2, 0.25) is 0 Å². The molecule has 3 nitrogen and oxygen atoms in total. The largest absolute Gasteiger partial charge is 0.478 e. The van der Waals surface area contributed by atoms with Crippen LogP contribution in [0.4, 0.5) is 0 Å². The van der Waals surface area contributed by atoms with E-state index in [4.69, 9.17) is 6.42 Å². The van der Waals surface area contributed by atoms with Crippen molar-refractivity contribution in [2.24, 2.45) is 0 Å². The Morgan fingerprint density at radius 3 is 2.33 bits per heavy atom. The molecule has 1 N–H and O–H groups in total. The van der Waals surface area contributed by atoms with Crippen molar-refractivity contribution < 1.29 is 9.90 Å². The smallest absolute Gasteiger partial charge is 0.337 e. The first-order valence-corrected chi connectivity index (χ1v) is 5.54. The van der Waals surface area contributed by atoms with Gasteiger partial charge in [0.15, 0.2) is 0 Å². The predicted octanol–water partition coefficient (Wildman–Crippen LogP) is 2.77. The van der Waals surface area contributed by atoms with E-state index in [1.807, 2.05) is 30.5 Å². The highest BCUT2D eigenvalue weighted by molar-refractivity contribution is 5.92. The van der Waals surface area contributed by atoms with Gasteiger partial charge >= 0.3 is 5.97 Å². The second-order valence-corrected chi connectivity index (χ2v) is 4.13. The monoisotopic (exact) mass is 239 g/mol. The van der Waals surface area contributed by atoms with Gasteiger partial charge in [-0.1, -0.05) is 5.92 Å². The van der Waals surface area contributed by atoms with Gasteiger partial charge in [0.05, 0.1) is 11.3 Å². The van der Waals surface area contributed by atoms with Crippen LogP contribution in [0.1, 0.15) is 27.3 Å². The lowest BCUT2D eigenvalue weighted by molar-refractivity contribution is 0.0697. The van der Waals surface area contributed by atoms with Crippen LogP contribution in [0.3, 0.4) is 0 Å². The van der Waals surface area contributed by atoms with E-state index in [0.717, 1.165) is 11.4 Å². The fourth-order valence-electron chi connectivity index (χ4n) is 2.04. The molecule has 1 heterocycles. The molecule has 0 aliphatic carbocycles. The predicted molar refractivity (Wildman–Crippen MR) is 70.1 cm³/mol. The van der Waals surface area contributed by atoms with Crippen molar-refractivity contribution in [3.63, 3.8) is 0 Å². The molecule has 3 heteroatoms. The number of carbonyl (C=O) groups is 1. The van der Waals surface area contributed by atoms with Crippen LogP contribution in [0.5, 0.6) is 0 Å². The zero-order chi connectivity index (χ0) is 13.3. The number of benzene rings is 1. The molecule has 18 heavy (non-hydrogen) atoms. The minimum Gasteiger partial charge on any atom is -0.478 e. The highest BCUT2D eigenvalue weighted by Gasteiger charge is 2.14. The van der Waals surface area contributed by atoms with Crippen molar-refractivity contribution in [3.8, 4) is 18.0 Å². The van der Waals surface area contributed by atoms with Gasteiger partial charge in [0.25, 0.3) is 0 Å². The summed E-state index contributed by atoms with van der Waals surface area (Å²) >= 11 is 0. The summed E-state index contributed by atoms with van der Waals surface area (Å²) in [4.78, 5) is 11.3. The lowest BCUT2D eigenvalue weighted by Gasteiger charge is -2.13. The Kier molecular flexibility index (Phi) is 2.95. The highest BCUT2D eigenvalue weighted by Crippen LogP contribution is 2.21. The van der Waals surface area contributed by atoms with Crippen LogP contribution in [0.15, 0.2) is 30.3 Å². The SMILES string of the molecule is C#Cc1ccc(C(=O)O)c(-n2c(C)ccc2C)c1. The van der Waals surface area contributed by atoms with Crippen molar-refractivity contribution in [3.05, 3.63) is 52.8 Å². The van der Waals surface area contributed by atoms with Crippen LogP contribution in [-0.4, -0.2) is 15.6 Å². The molecule has 0 spiro atoms. The molecular weight excluding hydrogens is 226 g/mol. The van der Waals surface area contributed by atoms with E-state index in [2.05, 4.69) is 5.92 Å². The maximum Gasteiger partial charge on any atom is 0.337 e. The number of aryl methyl sites for hydroxylation is 2. The first-order chi connectivity index (χ1) is 8.54. The second-order valence-electron chi connectivity index (χ2n) is 4.13. The summed E-state index contributed by atoms with van der Waals surface area (Å²) in [5, 5.41) is 9.24. The van der Waals surface area contributed by atoms with Crippen molar-refractivity contribution in [2.75, 3.05) is 0 Å². The molecule has 0 saturated carbocycles. The third-order valence-corrected chi connectivity index (χ3v) is 2.91. The fourth-order valence-corrected chi connectivity index (χ4v) is 2.04. The molecule has 90 valence electrons. The number of rotatable bonds is 2.